The lowest BCUT2D eigenvalue weighted by Crippen LogP contribution is -1.85. The Bertz CT molecular complexity index is 1300. The number of halogens is 2. The summed E-state index contributed by atoms with van der Waals surface area (Å²) in [5.41, 5.74) is 9.70. The molecule has 154 valence electrons. The summed E-state index contributed by atoms with van der Waals surface area (Å²) in [6.07, 6.45) is 0. The highest BCUT2D eigenvalue weighted by atomic mass is 79.9. The van der Waals surface area contributed by atoms with E-state index in [0.29, 0.717) is 0 Å². The van der Waals surface area contributed by atoms with Gasteiger partial charge >= 0.3 is 0 Å². The molecule has 2 heteroatoms. The van der Waals surface area contributed by atoms with Crippen molar-refractivity contribution in [3.63, 3.8) is 0 Å². The van der Waals surface area contributed by atoms with E-state index in [1.165, 1.54) is 44.5 Å². The van der Waals surface area contributed by atoms with Gasteiger partial charge in [-0.3, -0.25) is 0 Å². The molecule has 0 spiro atoms. The topological polar surface area (TPSA) is 0 Å². The third kappa shape index (κ3) is 4.62. The summed E-state index contributed by atoms with van der Waals surface area (Å²) in [5.74, 6) is 0. The SMILES string of the molecule is Brc1cccc(-c2cccc(-c3cccc(-c4cccc(-c5cccc(Br)c5)c4)c3)c2)c1. The Hall–Kier alpha value is -2.94. The van der Waals surface area contributed by atoms with Gasteiger partial charge in [0.2, 0.25) is 0 Å². The minimum Gasteiger partial charge on any atom is -0.0610 e. The van der Waals surface area contributed by atoms with Crippen LogP contribution in [0.3, 0.4) is 0 Å². The van der Waals surface area contributed by atoms with Crippen molar-refractivity contribution >= 4 is 31.9 Å². The average Bonchev–Trinajstić information content (AvgIpc) is 2.84. The zero-order valence-corrected chi connectivity index (χ0v) is 20.5. The van der Waals surface area contributed by atoms with Crippen LogP contribution in [0, 0.1) is 0 Å². The first-order valence-electron chi connectivity index (χ1n) is 10.5. The van der Waals surface area contributed by atoms with E-state index in [1.807, 2.05) is 0 Å². The lowest BCUT2D eigenvalue weighted by atomic mass is 9.95. The largest absolute Gasteiger partial charge is 0.0610 e. The van der Waals surface area contributed by atoms with E-state index in [1.54, 1.807) is 0 Å². The number of benzene rings is 5. The molecule has 0 N–H and O–H groups in total. The second-order valence-electron chi connectivity index (χ2n) is 7.76. The van der Waals surface area contributed by atoms with Gasteiger partial charge in [-0.1, -0.05) is 111 Å². The summed E-state index contributed by atoms with van der Waals surface area (Å²) >= 11 is 7.16. The number of rotatable bonds is 4. The molecule has 0 amide bonds. The highest BCUT2D eigenvalue weighted by Gasteiger charge is 2.06. The molecule has 0 aliphatic rings. The highest BCUT2D eigenvalue weighted by Crippen LogP contribution is 2.32. The Labute approximate surface area is 205 Å². The van der Waals surface area contributed by atoms with E-state index in [0.717, 1.165) is 8.95 Å². The molecule has 5 aromatic rings. The zero-order chi connectivity index (χ0) is 21.9. The van der Waals surface area contributed by atoms with Crippen molar-refractivity contribution in [2.45, 2.75) is 0 Å². The molecule has 5 aromatic carbocycles. The van der Waals surface area contributed by atoms with Crippen LogP contribution in [-0.2, 0) is 0 Å². The maximum Gasteiger partial charge on any atom is 0.0181 e. The Morgan fingerprint density at radius 1 is 0.281 bits per heavy atom. The molecule has 0 bridgehead atoms. The van der Waals surface area contributed by atoms with Crippen molar-refractivity contribution in [1.29, 1.82) is 0 Å². The van der Waals surface area contributed by atoms with Crippen LogP contribution >= 0.6 is 31.9 Å². The fraction of sp³-hybridized carbons (Fsp3) is 0. The molecule has 0 unspecified atom stereocenters. The van der Waals surface area contributed by atoms with Gasteiger partial charge in [0.05, 0.1) is 0 Å². The van der Waals surface area contributed by atoms with Crippen LogP contribution < -0.4 is 0 Å². The fourth-order valence-corrected chi connectivity index (χ4v) is 4.77. The predicted molar refractivity (Wildman–Crippen MR) is 144 cm³/mol. The summed E-state index contributed by atoms with van der Waals surface area (Å²) in [7, 11) is 0. The van der Waals surface area contributed by atoms with E-state index in [4.69, 9.17) is 0 Å². The Kier molecular flexibility index (Phi) is 6.07. The zero-order valence-electron chi connectivity index (χ0n) is 17.3. The van der Waals surface area contributed by atoms with Crippen molar-refractivity contribution in [3.05, 3.63) is 130 Å². The number of hydrogen-bond acceptors (Lipinski definition) is 0. The summed E-state index contributed by atoms with van der Waals surface area (Å²) in [4.78, 5) is 0. The lowest BCUT2D eigenvalue weighted by molar-refractivity contribution is 1.55. The van der Waals surface area contributed by atoms with E-state index < -0.39 is 0 Å². The van der Waals surface area contributed by atoms with Gasteiger partial charge in [-0.25, -0.2) is 0 Å². The molecule has 0 saturated heterocycles. The molecule has 0 aliphatic heterocycles. The van der Waals surface area contributed by atoms with Gasteiger partial charge in [-0.15, -0.1) is 0 Å². The van der Waals surface area contributed by atoms with Crippen LogP contribution in [0.4, 0.5) is 0 Å². The minimum absolute atomic E-state index is 1.09. The summed E-state index contributed by atoms with van der Waals surface area (Å²) < 4.78 is 2.18. The van der Waals surface area contributed by atoms with Crippen molar-refractivity contribution in [2.75, 3.05) is 0 Å². The van der Waals surface area contributed by atoms with Crippen molar-refractivity contribution in [3.8, 4) is 44.5 Å². The molecule has 0 atom stereocenters. The van der Waals surface area contributed by atoms with Gasteiger partial charge in [0.25, 0.3) is 0 Å². The first kappa shape index (κ1) is 20.9. The van der Waals surface area contributed by atoms with Crippen LogP contribution in [0.5, 0.6) is 0 Å². The van der Waals surface area contributed by atoms with Gasteiger partial charge < -0.3 is 0 Å². The summed E-state index contributed by atoms with van der Waals surface area (Å²) in [6, 6.07) is 43.1. The van der Waals surface area contributed by atoms with E-state index in [-0.39, 0.29) is 0 Å². The molecule has 5 rings (SSSR count). The molecule has 0 radical (unpaired) electrons. The van der Waals surface area contributed by atoms with Crippen LogP contribution in [0.25, 0.3) is 44.5 Å². The van der Waals surface area contributed by atoms with E-state index in [9.17, 15) is 0 Å². The standard InChI is InChI=1S/C30H20Br2/c31-29-14-4-12-27(19-29)25-10-2-8-23(17-25)21-6-1-7-22(16-21)24-9-3-11-26(18-24)28-13-5-15-30(32)20-28/h1-20H. The van der Waals surface area contributed by atoms with Crippen LogP contribution in [0.15, 0.2) is 130 Å². The van der Waals surface area contributed by atoms with Gasteiger partial charge in [-0.2, -0.15) is 0 Å². The van der Waals surface area contributed by atoms with Crippen molar-refractivity contribution in [2.24, 2.45) is 0 Å². The van der Waals surface area contributed by atoms with Crippen molar-refractivity contribution in [1.82, 2.24) is 0 Å². The van der Waals surface area contributed by atoms with Gasteiger partial charge in [0.1, 0.15) is 0 Å². The van der Waals surface area contributed by atoms with Gasteiger partial charge in [0, 0.05) is 8.95 Å². The highest BCUT2D eigenvalue weighted by molar-refractivity contribution is 9.10. The van der Waals surface area contributed by atoms with Gasteiger partial charge in [0.15, 0.2) is 0 Å². The first-order valence-corrected chi connectivity index (χ1v) is 12.1. The first-order chi connectivity index (χ1) is 15.7. The maximum absolute atomic E-state index is 3.58. The maximum atomic E-state index is 3.58. The average molecular weight is 540 g/mol. The summed E-state index contributed by atoms with van der Waals surface area (Å²) in [6.45, 7) is 0. The fourth-order valence-electron chi connectivity index (χ4n) is 3.97. The monoisotopic (exact) mass is 538 g/mol. The van der Waals surface area contributed by atoms with Gasteiger partial charge in [-0.05, 0) is 87.0 Å². The second kappa shape index (κ2) is 9.28. The lowest BCUT2D eigenvalue weighted by Gasteiger charge is -2.10. The van der Waals surface area contributed by atoms with E-state index in [2.05, 4.69) is 153 Å². The summed E-state index contributed by atoms with van der Waals surface area (Å²) in [5, 5.41) is 0. The third-order valence-electron chi connectivity index (χ3n) is 5.57. The molecular formula is C30H20Br2. The quantitative estimate of drug-likeness (QED) is 0.213. The molecule has 0 saturated carbocycles. The Morgan fingerprint density at radius 2 is 0.500 bits per heavy atom. The minimum atomic E-state index is 1.09. The Morgan fingerprint density at radius 3 is 0.750 bits per heavy atom. The van der Waals surface area contributed by atoms with Crippen LogP contribution in [-0.4, -0.2) is 0 Å². The molecular weight excluding hydrogens is 520 g/mol. The molecule has 0 nitrogen and oxygen atoms in total. The smallest absolute Gasteiger partial charge is 0.0181 e. The molecule has 0 aliphatic carbocycles. The number of hydrogen-bond donors (Lipinski definition) is 0. The third-order valence-corrected chi connectivity index (χ3v) is 6.56. The molecule has 0 heterocycles. The van der Waals surface area contributed by atoms with Crippen LogP contribution in [0.1, 0.15) is 0 Å². The second-order valence-corrected chi connectivity index (χ2v) is 9.59. The van der Waals surface area contributed by atoms with E-state index >= 15 is 0 Å². The normalized spacial score (nSPS) is 10.8. The Balaban J connectivity index is 1.51. The molecule has 0 aromatic heterocycles. The molecule has 32 heavy (non-hydrogen) atoms. The van der Waals surface area contributed by atoms with Crippen LogP contribution in [0.2, 0.25) is 0 Å². The predicted octanol–water partition coefficient (Wildman–Crippen LogP) is 9.88. The molecule has 0 fully saturated rings. The van der Waals surface area contributed by atoms with Crippen molar-refractivity contribution < 1.29 is 0 Å².